The molecule has 4 aromatic carbocycles. The molecule has 0 aliphatic heterocycles. The van der Waals surface area contributed by atoms with Crippen molar-refractivity contribution >= 4 is 32.9 Å². The van der Waals surface area contributed by atoms with E-state index in [9.17, 15) is 0 Å². The molecule has 0 fully saturated rings. The third kappa shape index (κ3) is 4.36. The molecule has 0 aliphatic rings. The second-order valence-electron chi connectivity index (χ2n) is 10.8. The minimum atomic E-state index is -4.40. The molecule has 0 amide bonds. The average Bonchev–Trinajstić information content (AvgIpc) is 2.76. The van der Waals surface area contributed by atoms with Gasteiger partial charge >= 0.3 is 222 Å². The number of benzene rings is 4. The second kappa shape index (κ2) is 10.0. The van der Waals surface area contributed by atoms with E-state index in [1.807, 2.05) is 30.3 Å². The Kier molecular flexibility index (Phi) is 7.35. The molecule has 4 aromatic rings. The van der Waals surface area contributed by atoms with E-state index >= 15 is 4.79 Å². The van der Waals surface area contributed by atoms with E-state index in [-0.39, 0.29) is 0 Å². The molecule has 184 valence electrons. The van der Waals surface area contributed by atoms with Crippen molar-refractivity contribution in [1.29, 1.82) is 0 Å². The topological polar surface area (TPSA) is 17.1 Å². The third-order valence-electron chi connectivity index (χ3n) is 7.53. The summed E-state index contributed by atoms with van der Waals surface area (Å²) in [6, 6.07) is 23.7. The van der Waals surface area contributed by atoms with Gasteiger partial charge in [0.1, 0.15) is 0 Å². The first-order valence-corrected chi connectivity index (χ1v) is 18.5. The normalized spacial score (nSPS) is 11.6. The first-order chi connectivity index (χ1) is 17.0. The molecule has 0 aromatic heterocycles. The molecular weight excluding hydrogens is 543 g/mol. The van der Waals surface area contributed by atoms with E-state index in [2.05, 4.69) is 98.7 Å². The fourth-order valence-corrected chi connectivity index (χ4v) is 24.0. The van der Waals surface area contributed by atoms with Crippen molar-refractivity contribution in [1.82, 2.24) is 0 Å². The summed E-state index contributed by atoms with van der Waals surface area (Å²) in [6.45, 7) is 19.8. The molecule has 0 saturated carbocycles. The van der Waals surface area contributed by atoms with Gasteiger partial charge in [0.25, 0.3) is 0 Å². The van der Waals surface area contributed by atoms with Crippen LogP contribution in [0.4, 0.5) is 0 Å². The van der Waals surface area contributed by atoms with Crippen molar-refractivity contribution in [3.63, 3.8) is 0 Å². The molecule has 36 heavy (non-hydrogen) atoms. The van der Waals surface area contributed by atoms with Crippen LogP contribution in [0.15, 0.2) is 66.7 Å². The van der Waals surface area contributed by atoms with E-state index in [0.717, 1.165) is 5.56 Å². The van der Waals surface area contributed by atoms with Crippen molar-refractivity contribution in [3.05, 3.63) is 122 Å². The van der Waals surface area contributed by atoms with Gasteiger partial charge in [0.2, 0.25) is 0 Å². The second-order valence-corrected chi connectivity index (χ2v) is 20.6. The maximum atomic E-state index is 15.3. The van der Waals surface area contributed by atoms with Gasteiger partial charge in [-0.2, -0.15) is 0 Å². The summed E-state index contributed by atoms with van der Waals surface area (Å²) in [4.78, 5) is 15.3. The minimum absolute atomic E-state index is 0.338. The van der Waals surface area contributed by atoms with Gasteiger partial charge in [-0.05, 0) is 0 Å². The van der Waals surface area contributed by atoms with Gasteiger partial charge in [0, 0.05) is 0 Å². The number of rotatable bonds is 5. The molecule has 0 aliphatic carbocycles. The number of hydrogen-bond acceptors (Lipinski definition) is 1. The van der Waals surface area contributed by atoms with Crippen LogP contribution >= 0.6 is 0 Å². The molecule has 0 bridgehead atoms. The Morgan fingerprint density at radius 3 is 1.03 bits per heavy atom. The average molecular weight is 581 g/mol. The molecule has 0 spiro atoms. The Morgan fingerprint density at radius 2 is 0.750 bits per heavy atom. The van der Waals surface area contributed by atoms with Gasteiger partial charge < -0.3 is 0 Å². The van der Waals surface area contributed by atoms with Crippen molar-refractivity contribution in [3.8, 4) is 0 Å². The van der Waals surface area contributed by atoms with E-state index < -0.39 is 18.4 Å². The number of carbonyl (C=O) groups excluding carboxylic acids is 1. The summed E-state index contributed by atoms with van der Waals surface area (Å²) in [5.74, 6) is 0. The summed E-state index contributed by atoms with van der Waals surface area (Å²) in [5.41, 5.74) is 12.0. The predicted molar refractivity (Wildman–Crippen MR) is 157 cm³/mol. The van der Waals surface area contributed by atoms with E-state index in [4.69, 9.17) is 0 Å². The Labute approximate surface area is 221 Å². The Balaban J connectivity index is 2.35. The van der Waals surface area contributed by atoms with Crippen LogP contribution in [0.3, 0.4) is 0 Å². The van der Waals surface area contributed by atoms with E-state index in [0.29, 0.717) is 3.80 Å². The fourth-order valence-electron chi connectivity index (χ4n) is 6.84. The zero-order chi connectivity index (χ0) is 26.4. The molecular formula is C34H38OSn. The van der Waals surface area contributed by atoms with Gasteiger partial charge in [-0.1, -0.05) is 0 Å². The van der Waals surface area contributed by atoms with Crippen LogP contribution in [-0.4, -0.2) is 22.2 Å². The Morgan fingerprint density at radius 1 is 0.472 bits per heavy atom. The zero-order valence-electron chi connectivity index (χ0n) is 23.3. The van der Waals surface area contributed by atoms with Gasteiger partial charge in [0.05, 0.1) is 0 Å². The number of carbonyl (C=O) groups is 1. The van der Waals surface area contributed by atoms with Crippen LogP contribution in [0.2, 0.25) is 0 Å². The van der Waals surface area contributed by atoms with Crippen LogP contribution in [0, 0.1) is 62.3 Å². The zero-order valence-corrected chi connectivity index (χ0v) is 26.1. The first-order valence-electron chi connectivity index (χ1n) is 12.8. The molecule has 0 unspecified atom stereocenters. The molecule has 0 atom stereocenters. The molecule has 0 radical (unpaired) electrons. The molecule has 0 N–H and O–H groups in total. The summed E-state index contributed by atoms with van der Waals surface area (Å²) >= 11 is -4.40. The van der Waals surface area contributed by atoms with Crippen LogP contribution in [0.1, 0.15) is 60.4 Å². The molecule has 0 heterocycles. The number of aryl methyl sites for hydroxylation is 9. The van der Waals surface area contributed by atoms with Crippen molar-refractivity contribution in [2.75, 3.05) is 0 Å². The summed E-state index contributed by atoms with van der Waals surface area (Å²) in [6.07, 6.45) is 0. The van der Waals surface area contributed by atoms with Gasteiger partial charge in [-0.15, -0.1) is 0 Å². The molecule has 1 nitrogen and oxygen atoms in total. The van der Waals surface area contributed by atoms with E-state index in [1.54, 1.807) is 0 Å². The Bertz CT molecular complexity index is 1270. The van der Waals surface area contributed by atoms with Gasteiger partial charge in [0.15, 0.2) is 0 Å². The number of hydrogen-bond donors (Lipinski definition) is 0. The third-order valence-corrected chi connectivity index (χ3v) is 23.5. The Hall–Kier alpha value is -2.65. The summed E-state index contributed by atoms with van der Waals surface area (Å²) in [5, 5.41) is 0. The maximum absolute atomic E-state index is 15.3. The molecule has 4 rings (SSSR count). The summed E-state index contributed by atoms with van der Waals surface area (Å²) in [7, 11) is 0. The SMILES string of the molecule is Cc1cc(C)[c]([Sn]([C](=O)c2ccccc2)([c]2c(C)cc(C)cc2C)[c]2c(C)cc(C)cc2C)c(C)c1. The molecule has 0 saturated heterocycles. The first kappa shape index (κ1) is 26.4. The monoisotopic (exact) mass is 582 g/mol. The van der Waals surface area contributed by atoms with Crippen molar-refractivity contribution in [2.24, 2.45) is 0 Å². The van der Waals surface area contributed by atoms with E-state index in [1.165, 1.54) is 60.8 Å². The standard InChI is InChI=1S/3C9H11.C7H5O.Sn/c3*1-7-4-8(2)6-9(3)5-7;8-6-7-4-2-1-3-5-7;/h3*4-5H,1-3H3;1-5H;. The van der Waals surface area contributed by atoms with Crippen LogP contribution in [0.5, 0.6) is 0 Å². The van der Waals surface area contributed by atoms with Crippen molar-refractivity contribution < 1.29 is 4.79 Å². The predicted octanol–water partition coefficient (Wildman–Crippen LogP) is 6.35. The van der Waals surface area contributed by atoms with Crippen LogP contribution < -0.4 is 10.7 Å². The molecule has 2 heteroatoms. The summed E-state index contributed by atoms with van der Waals surface area (Å²) < 4.78 is 4.28. The fraction of sp³-hybridized carbons (Fsp3) is 0.265. The van der Waals surface area contributed by atoms with Crippen LogP contribution in [0.25, 0.3) is 0 Å². The quantitative estimate of drug-likeness (QED) is 0.251. The van der Waals surface area contributed by atoms with Gasteiger partial charge in [-0.25, -0.2) is 0 Å². The van der Waals surface area contributed by atoms with Crippen LogP contribution in [-0.2, 0) is 0 Å². The van der Waals surface area contributed by atoms with Crippen molar-refractivity contribution in [2.45, 2.75) is 62.3 Å². The van der Waals surface area contributed by atoms with Gasteiger partial charge in [-0.3, -0.25) is 0 Å².